The zero-order valence-corrected chi connectivity index (χ0v) is 9.29. The number of pyridine rings is 1. The molecule has 0 radical (unpaired) electrons. The number of hydrogen-bond donors (Lipinski definition) is 1. The smallest absolute Gasteiger partial charge is 0.210 e. The minimum Gasteiger partial charge on any atom is -0.344 e. The molecule has 0 bridgehead atoms. The number of nitriles is 1. The van der Waals surface area contributed by atoms with E-state index in [9.17, 15) is 4.79 Å². The normalized spacial score (nSPS) is 10.4. The van der Waals surface area contributed by atoms with E-state index in [1.54, 1.807) is 4.68 Å². The van der Waals surface area contributed by atoms with Crippen molar-refractivity contribution in [2.75, 3.05) is 0 Å². The molecule has 0 amide bonds. The Labute approximate surface area is 102 Å². The Morgan fingerprint density at radius 1 is 1.28 bits per heavy atom. The topological polar surface area (TPSA) is 74.5 Å². The molecule has 0 saturated carbocycles. The maximum atomic E-state index is 11.9. The molecule has 2 heterocycles. The first-order chi connectivity index (χ1) is 8.81. The van der Waals surface area contributed by atoms with Crippen LogP contribution in [0.15, 0.2) is 47.5 Å². The zero-order valence-electron chi connectivity index (χ0n) is 9.29. The molecule has 0 spiro atoms. The van der Waals surface area contributed by atoms with E-state index in [1.165, 1.54) is 12.4 Å². The fourth-order valence-corrected chi connectivity index (χ4v) is 1.85. The van der Waals surface area contributed by atoms with Crippen molar-refractivity contribution in [2.24, 2.45) is 0 Å². The first kappa shape index (κ1) is 10.3. The second-order valence-electron chi connectivity index (χ2n) is 3.80. The van der Waals surface area contributed by atoms with E-state index >= 15 is 0 Å². The Morgan fingerprint density at radius 2 is 2.06 bits per heavy atom. The van der Waals surface area contributed by atoms with Gasteiger partial charge in [-0.15, -0.1) is 0 Å². The van der Waals surface area contributed by atoms with Crippen LogP contribution in [-0.2, 0) is 0 Å². The molecule has 3 aromatic rings. The van der Waals surface area contributed by atoms with Crippen LogP contribution in [0, 0.1) is 11.3 Å². The van der Waals surface area contributed by atoms with Crippen molar-refractivity contribution in [3.8, 4) is 11.8 Å². The maximum Gasteiger partial charge on any atom is 0.210 e. The number of nitrogens with one attached hydrogen (secondary N) is 1. The molecule has 0 atom stereocenters. The average Bonchev–Trinajstić information content (AvgIpc) is 2.85. The van der Waals surface area contributed by atoms with Crippen molar-refractivity contribution in [3.63, 3.8) is 0 Å². The van der Waals surface area contributed by atoms with E-state index < -0.39 is 0 Å². The summed E-state index contributed by atoms with van der Waals surface area (Å²) < 4.78 is 1.64. The van der Waals surface area contributed by atoms with Crippen LogP contribution >= 0.6 is 0 Å². The van der Waals surface area contributed by atoms with Gasteiger partial charge in [-0.25, -0.2) is 4.68 Å². The molecule has 5 nitrogen and oxygen atoms in total. The van der Waals surface area contributed by atoms with Gasteiger partial charge in [-0.1, -0.05) is 18.2 Å². The monoisotopic (exact) mass is 236 g/mol. The van der Waals surface area contributed by atoms with Crippen molar-refractivity contribution in [1.82, 2.24) is 14.8 Å². The van der Waals surface area contributed by atoms with Crippen LogP contribution in [0.25, 0.3) is 16.7 Å². The minimum absolute atomic E-state index is 0.0927. The molecule has 2 aromatic heterocycles. The number of hydrogen-bond acceptors (Lipinski definition) is 3. The van der Waals surface area contributed by atoms with Crippen LogP contribution < -0.4 is 5.43 Å². The van der Waals surface area contributed by atoms with Gasteiger partial charge in [0.05, 0.1) is 17.3 Å². The largest absolute Gasteiger partial charge is 0.344 e. The van der Waals surface area contributed by atoms with Crippen LogP contribution in [0.5, 0.6) is 0 Å². The molecule has 0 aliphatic rings. The summed E-state index contributed by atoms with van der Waals surface area (Å²) in [7, 11) is 0. The van der Waals surface area contributed by atoms with Gasteiger partial charge in [0.25, 0.3) is 0 Å². The van der Waals surface area contributed by atoms with Crippen LogP contribution in [-0.4, -0.2) is 14.8 Å². The molecule has 18 heavy (non-hydrogen) atoms. The van der Waals surface area contributed by atoms with Gasteiger partial charge in [0.15, 0.2) is 0 Å². The SMILES string of the molecule is N#Cc1c[nH]c2c(cnn2-c2ccccc2)c1=O. The molecule has 3 rings (SSSR count). The summed E-state index contributed by atoms with van der Waals surface area (Å²) >= 11 is 0. The van der Waals surface area contributed by atoms with Crippen LogP contribution in [0.2, 0.25) is 0 Å². The third-order valence-corrected chi connectivity index (χ3v) is 2.73. The fourth-order valence-electron chi connectivity index (χ4n) is 1.85. The van der Waals surface area contributed by atoms with Crippen molar-refractivity contribution in [3.05, 3.63) is 58.5 Å². The minimum atomic E-state index is -0.298. The number of nitrogens with zero attached hydrogens (tertiary/aromatic N) is 3. The number of aromatic amines is 1. The number of benzene rings is 1. The summed E-state index contributed by atoms with van der Waals surface area (Å²) in [5, 5.41) is 13.4. The number of H-pyrrole nitrogens is 1. The molecule has 1 aromatic carbocycles. The van der Waals surface area contributed by atoms with E-state index in [4.69, 9.17) is 5.26 Å². The van der Waals surface area contributed by atoms with Crippen molar-refractivity contribution >= 4 is 11.0 Å². The van der Waals surface area contributed by atoms with Gasteiger partial charge in [0.2, 0.25) is 5.43 Å². The fraction of sp³-hybridized carbons (Fsp3) is 0. The average molecular weight is 236 g/mol. The Balaban J connectivity index is 2.33. The summed E-state index contributed by atoms with van der Waals surface area (Å²) in [6.45, 7) is 0. The molecular weight excluding hydrogens is 228 g/mol. The van der Waals surface area contributed by atoms with Gasteiger partial charge in [-0.05, 0) is 12.1 Å². The summed E-state index contributed by atoms with van der Waals surface area (Å²) in [5.74, 6) is 0. The predicted molar refractivity (Wildman–Crippen MR) is 66.4 cm³/mol. The molecule has 0 saturated heterocycles. The standard InChI is InChI=1S/C13H8N4O/c14-6-9-7-15-13-11(12(9)18)8-16-17(13)10-4-2-1-3-5-10/h1-5,7-8H,(H,15,18). The van der Waals surface area contributed by atoms with Crippen LogP contribution in [0.3, 0.4) is 0 Å². The van der Waals surface area contributed by atoms with E-state index in [0.29, 0.717) is 11.0 Å². The first-order valence-corrected chi connectivity index (χ1v) is 5.36. The van der Waals surface area contributed by atoms with Gasteiger partial charge in [0, 0.05) is 6.20 Å². The van der Waals surface area contributed by atoms with Crippen molar-refractivity contribution in [2.45, 2.75) is 0 Å². The zero-order chi connectivity index (χ0) is 12.5. The second kappa shape index (κ2) is 3.86. The number of para-hydroxylation sites is 1. The van der Waals surface area contributed by atoms with E-state index in [-0.39, 0.29) is 11.0 Å². The van der Waals surface area contributed by atoms with Crippen LogP contribution in [0.4, 0.5) is 0 Å². The quantitative estimate of drug-likeness (QED) is 0.697. The maximum absolute atomic E-state index is 11.9. The van der Waals surface area contributed by atoms with E-state index in [2.05, 4.69) is 10.1 Å². The lowest BCUT2D eigenvalue weighted by molar-refractivity contribution is 0.897. The summed E-state index contributed by atoms with van der Waals surface area (Å²) in [6.07, 6.45) is 2.88. The molecule has 0 aliphatic carbocycles. The Bertz CT molecular complexity index is 808. The lowest BCUT2D eigenvalue weighted by Crippen LogP contribution is -2.07. The lowest BCUT2D eigenvalue weighted by Gasteiger charge is -2.02. The Hall–Kier alpha value is -2.87. The molecule has 0 fully saturated rings. The molecule has 5 heteroatoms. The number of aromatic nitrogens is 3. The van der Waals surface area contributed by atoms with Gasteiger partial charge < -0.3 is 4.98 Å². The second-order valence-corrected chi connectivity index (χ2v) is 3.80. The summed E-state index contributed by atoms with van der Waals surface area (Å²) in [5.41, 5.74) is 1.24. The highest BCUT2D eigenvalue weighted by molar-refractivity contribution is 5.77. The molecule has 86 valence electrons. The molecule has 0 aliphatic heterocycles. The summed E-state index contributed by atoms with van der Waals surface area (Å²) in [6, 6.07) is 11.3. The molecule has 0 unspecified atom stereocenters. The molecular formula is C13H8N4O. The Morgan fingerprint density at radius 3 is 2.78 bits per heavy atom. The number of fused-ring (bicyclic) bond motifs is 1. The third kappa shape index (κ3) is 1.40. The number of rotatable bonds is 1. The van der Waals surface area contributed by atoms with Gasteiger partial charge in [0.1, 0.15) is 17.3 Å². The van der Waals surface area contributed by atoms with E-state index in [0.717, 1.165) is 5.69 Å². The predicted octanol–water partition coefficient (Wildman–Crippen LogP) is 1.59. The molecule has 1 N–H and O–H groups in total. The highest BCUT2D eigenvalue weighted by Gasteiger charge is 2.10. The third-order valence-electron chi connectivity index (χ3n) is 2.73. The van der Waals surface area contributed by atoms with Gasteiger partial charge in [-0.2, -0.15) is 10.4 Å². The first-order valence-electron chi connectivity index (χ1n) is 5.36. The van der Waals surface area contributed by atoms with Crippen molar-refractivity contribution in [1.29, 1.82) is 5.26 Å². The Kier molecular flexibility index (Phi) is 2.21. The highest BCUT2D eigenvalue weighted by atomic mass is 16.1. The van der Waals surface area contributed by atoms with Crippen molar-refractivity contribution < 1.29 is 0 Å². The van der Waals surface area contributed by atoms with Gasteiger partial charge >= 0.3 is 0 Å². The lowest BCUT2D eigenvalue weighted by atomic mass is 10.2. The highest BCUT2D eigenvalue weighted by Crippen LogP contribution is 2.13. The van der Waals surface area contributed by atoms with E-state index in [1.807, 2.05) is 36.4 Å². The van der Waals surface area contributed by atoms with Crippen LogP contribution in [0.1, 0.15) is 5.56 Å². The summed E-state index contributed by atoms with van der Waals surface area (Å²) in [4.78, 5) is 14.8. The van der Waals surface area contributed by atoms with Gasteiger partial charge in [-0.3, -0.25) is 4.79 Å².